The summed E-state index contributed by atoms with van der Waals surface area (Å²) >= 11 is 0.844. The van der Waals surface area contributed by atoms with Crippen molar-refractivity contribution in [1.29, 1.82) is 0 Å². The average molecular weight is 547 g/mol. The van der Waals surface area contributed by atoms with Crippen molar-refractivity contribution in [2.45, 2.75) is 13.1 Å². The van der Waals surface area contributed by atoms with E-state index in [4.69, 9.17) is 4.85 Å². The minimum absolute atomic E-state index is 0.224. The number of hydrogen-bond acceptors (Lipinski definition) is 3. The van der Waals surface area contributed by atoms with Crippen molar-refractivity contribution < 1.29 is 13.2 Å². The van der Waals surface area contributed by atoms with Gasteiger partial charge in [0.15, 0.2) is 10.7 Å². The number of benzene rings is 4. The van der Waals surface area contributed by atoms with Crippen molar-refractivity contribution in [3.63, 3.8) is 0 Å². The van der Waals surface area contributed by atoms with Gasteiger partial charge in [0.2, 0.25) is 0 Å². The Bertz CT molecular complexity index is 1500. The maximum atomic E-state index is 13.9. The summed E-state index contributed by atoms with van der Waals surface area (Å²) in [5, 5.41) is 10.8. The number of aryl methyl sites for hydroxylation is 1. The number of rotatable bonds is 6. The SMILES string of the molecule is Cc1ccc(-c2nc(C(F)(F)F)c(/N=N/N=P(c3ccccc3)(c3ccccc3)c3ccccc3)s2)cc1. The van der Waals surface area contributed by atoms with Gasteiger partial charge in [0.25, 0.3) is 0 Å². The van der Waals surface area contributed by atoms with Crippen LogP contribution in [0.2, 0.25) is 0 Å². The third-order valence-electron chi connectivity index (χ3n) is 5.88. The quantitative estimate of drug-likeness (QED) is 0.120. The molecule has 0 fully saturated rings. The first-order chi connectivity index (χ1) is 18.4. The highest BCUT2D eigenvalue weighted by molar-refractivity contribution is 7.87. The zero-order chi connectivity index (χ0) is 26.6. The van der Waals surface area contributed by atoms with Crippen LogP contribution in [0.4, 0.5) is 18.2 Å². The molecule has 190 valence electrons. The third kappa shape index (κ3) is 5.23. The van der Waals surface area contributed by atoms with Gasteiger partial charge < -0.3 is 0 Å². The average Bonchev–Trinajstić information content (AvgIpc) is 3.38. The molecule has 4 nitrogen and oxygen atoms in total. The number of halogens is 3. The van der Waals surface area contributed by atoms with E-state index in [0.717, 1.165) is 32.8 Å². The van der Waals surface area contributed by atoms with Crippen molar-refractivity contribution in [2.75, 3.05) is 0 Å². The molecule has 1 aromatic heterocycles. The molecule has 0 aliphatic heterocycles. The molecule has 5 aromatic rings. The number of thiazole rings is 1. The van der Waals surface area contributed by atoms with Crippen molar-refractivity contribution in [3.8, 4) is 10.6 Å². The summed E-state index contributed by atoms with van der Waals surface area (Å²) < 4.78 is 41.7. The van der Waals surface area contributed by atoms with Crippen LogP contribution in [0.3, 0.4) is 0 Å². The Balaban J connectivity index is 1.70. The Morgan fingerprint density at radius 2 is 1.16 bits per heavy atom. The van der Waals surface area contributed by atoms with E-state index in [1.54, 1.807) is 12.1 Å². The highest BCUT2D eigenvalue weighted by Crippen LogP contribution is 2.48. The van der Waals surface area contributed by atoms with E-state index in [1.807, 2.05) is 110 Å². The number of aromatic nitrogens is 1. The molecule has 0 spiro atoms. The number of nitrogens with zero attached hydrogens (tertiary/aromatic N) is 4. The van der Waals surface area contributed by atoms with Crippen molar-refractivity contribution in [1.82, 2.24) is 4.98 Å². The van der Waals surface area contributed by atoms with Gasteiger partial charge in [-0.05, 0) is 12.1 Å². The van der Waals surface area contributed by atoms with Gasteiger partial charge in [-0.25, -0.2) is 4.98 Å². The van der Waals surface area contributed by atoms with Crippen molar-refractivity contribution in [2.24, 2.45) is 15.2 Å². The molecule has 4 aromatic carbocycles. The maximum absolute atomic E-state index is 13.9. The van der Waals surface area contributed by atoms with E-state index < -0.39 is 18.9 Å². The van der Waals surface area contributed by atoms with Crippen molar-refractivity contribution >= 4 is 39.3 Å². The largest absolute Gasteiger partial charge is 0.436 e. The van der Waals surface area contributed by atoms with Gasteiger partial charge in [0.1, 0.15) is 5.01 Å². The maximum Gasteiger partial charge on any atom is 0.436 e. The fourth-order valence-electron chi connectivity index (χ4n) is 4.04. The normalized spacial score (nSPS) is 12.1. The Morgan fingerprint density at radius 1 is 0.684 bits per heavy atom. The van der Waals surface area contributed by atoms with Gasteiger partial charge in [0, 0.05) is 21.5 Å². The molecule has 0 aliphatic rings. The lowest BCUT2D eigenvalue weighted by Gasteiger charge is -2.24. The highest BCUT2D eigenvalue weighted by Gasteiger charge is 2.38. The van der Waals surface area contributed by atoms with Crippen LogP contribution >= 0.6 is 18.4 Å². The van der Waals surface area contributed by atoms with E-state index in [9.17, 15) is 13.2 Å². The highest BCUT2D eigenvalue weighted by atomic mass is 32.1. The summed E-state index contributed by atoms with van der Waals surface area (Å²) in [7, 11) is -2.74. The van der Waals surface area contributed by atoms with Crippen LogP contribution < -0.4 is 15.9 Å². The van der Waals surface area contributed by atoms with Crippen LogP contribution in [0, 0.1) is 6.92 Å². The summed E-state index contributed by atoms with van der Waals surface area (Å²) in [6, 6.07) is 36.2. The Kier molecular flexibility index (Phi) is 7.36. The first-order valence-electron chi connectivity index (χ1n) is 11.7. The fraction of sp³-hybridized carbons (Fsp3) is 0.0690. The first-order valence-corrected chi connectivity index (χ1v) is 14.3. The molecule has 0 bridgehead atoms. The predicted molar refractivity (Wildman–Crippen MR) is 149 cm³/mol. The molecule has 0 unspecified atom stereocenters. The molecule has 38 heavy (non-hydrogen) atoms. The van der Waals surface area contributed by atoms with E-state index in [2.05, 4.69) is 15.3 Å². The van der Waals surface area contributed by atoms with Crippen LogP contribution in [0.25, 0.3) is 10.6 Å². The Labute approximate surface area is 222 Å². The van der Waals surface area contributed by atoms with Crippen LogP contribution in [-0.2, 0) is 6.18 Å². The van der Waals surface area contributed by atoms with Gasteiger partial charge in [0.05, 0.1) is 7.05 Å². The Hall–Kier alpha value is -3.87. The lowest BCUT2D eigenvalue weighted by molar-refractivity contribution is -0.140. The summed E-state index contributed by atoms with van der Waals surface area (Å²) in [5.74, 6) is 0. The number of alkyl halides is 3. The molecule has 0 N–H and O–H groups in total. The standard InChI is InChI=1S/C29H22F3N4PS/c1-21-17-19-22(20-18-21)27-33-26(29(30,31)32)28(38-27)34-35-36-37(23-11-5-2-6-12-23,24-13-7-3-8-14-24)25-15-9-4-10-16-25/h2-20H,1H3/b35-34+. The molecular formula is C29H22F3N4PS. The van der Waals surface area contributed by atoms with Crippen LogP contribution in [0.1, 0.15) is 11.3 Å². The van der Waals surface area contributed by atoms with E-state index in [0.29, 0.717) is 5.56 Å². The molecular weight excluding hydrogens is 524 g/mol. The van der Waals surface area contributed by atoms with E-state index in [-0.39, 0.29) is 10.0 Å². The third-order valence-corrected chi connectivity index (χ3v) is 10.3. The lowest BCUT2D eigenvalue weighted by atomic mass is 10.2. The fourth-order valence-corrected chi connectivity index (χ4v) is 8.12. The smallest absolute Gasteiger partial charge is 0.229 e. The zero-order valence-electron chi connectivity index (χ0n) is 20.2. The molecule has 1 heterocycles. The summed E-state index contributed by atoms with van der Waals surface area (Å²) in [6.45, 7) is 1.91. The number of hydrogen-bond donors (Lipinski definition) is 0. The van der Waals surface area contributed by atoms with E-state index in [1.165, 1.54) is 0 Å². The monoisotopic (exact) mass is 546 g/mol. The summed E-state index contributed by atoms with van der Waals surface area (Å²) in [5.41, 5.74) is 0.521. The van der Waals surface area contributed by atoms with Gasteiger partial charge in [-0.3, -0.25) is 0 Å². The van der Waals surface area contributed by atoms with Gasteiger partial charge >= 0.3 is 6.18 Å². The van der Waals surface area contributed by atoms with Crippen LogP contribution in [0.5, 0.6) is 0 Å². The molecule has 0 atom stereocenters. The second-order valence-corrected chi connectivity index (χ2v) is 12.4. The summed E-state index contributed by atoms with van der Waals surface area (Å²) in [6.07, 6.45) is -4.68. The summed E-state index contributed by atoms with van der Waals surface area (Å²) in [4.78, 5) is 8.64. The first kappa shape index (κ1) is 25.8. The molecule has 0 amide bonds. The minimum Gasteiger partial charge on any atom is -0.229 e. The molecule has 9 heteroatoms. The lowest BCUT2D eigenvalue weighted by Crippen LogP contribution is -2.25. The molecule has 5 rings (SSSR count). The Morgan fingerprint density at radius 3 is 1.61 bits per heavy atom. The predicted octanol–water partition coefficient (Wildman–Crippen LogP) is 8.31. The molecule has 0 radical (unpaired) electrons. The van der Waals surface area contributed by atoms with Crippen molar-refractivity contribution in [3.05, 3.63) is 127 Å². The second kappa shape index (κ2) is 10.9. The molecule has 0 aliphatic carbocycles. The van der Waals surface area contributed by atoms with E-state index >= 15 is 0 Å². The van der Waals surface area contributed by atoms with Gasteiger partial charge in [-0.1, -0.05) is 132 Å². The van der Waals surface area contributed by atoms with Gasteiger partial charge in [-0.2, -0.15) is 13.2 Å². The second-order valence-electron chi connectivity index (χ2n) is 8.46. The minimum atomic E-state index is -4.68. The van der Waals surface area contributed by atoms with Crippen LogP contribution in [-0.4, -0.2) is 4.98 Å². The zero-order valence-corrected chi connectivity index (χ0v) is 22.0. The van der Waals surface area contributed by atoms with Gasteiger partial charge in [-0.15, -0.1) is 9.97 Å². The molecule has 0 saturated heterocycles. The molecule has 0 saturated carbocycles. The topological polar surface area (TPSA) is 50.0 Å². The van der Waals surface area contributed by atoms with Crippen LogP contribution in [0.15, 0.2) is 130 Å².